The van der Waals surface area contributed by atoms with E-state index in [1.807, 2.05) is 0 Å². The number of rotatable bonds is 4. The Labute approximate surface area is 97.0 Å². The Hall–Kier alpha value is -1.43. The minimum Gasteiger partial charge on any atom is -0.507 e. The first-order valence-corrected chi connectivity index (χ1v) is 5.02. The van der Waals surface area contributed by atoms with Gasteiger partial charge in [-0.3, -0.25) is 0 Å². The van der Waals surface area contributed by atoms with E-state index in [0.29, 0.717) is 5.75 Å². The van der Waals surface area contributed by atoms with Crippen LogP contribution in [0.2, 0.25) is 0 Å². The maximum atomic E-state index is 12.0. The summed E-state index contributed by atoms with van der Waals surface area (Å²) in [5.41, 5.74) is 5.88. The predicted molar refractivity (Wildman–Crippen MR) is 56.9 cm³/mol. The third-order valence-electron chi connectivity index (χ3n) is 2.38. The molecule has 3 N–H and O–H groups in total. The normalized spacial score (nSPS) is 13.5. The van der Waals surface area contributed by atoms with Crippen molar-refractivity contribution >= 4 is 0 Å². The van der Waals surface area contributed by atoms with Crippen LogP contribution in [0.25, 0.3) is 0 Å². The van der Waals surface area contributed by atoms with E-state index in [0.717, 1.165) is 0 Å². The average molecular weight is 249 g/mol. The van der Waals surface area contributed by atoms with Crippen LogP contribution < -0.4 is 10.5 Å². The van der Waals surface area contributed by atoms with Gasteiger partial charge in [0.25, 0.3) is 0 Å². The molecule has 1 aromatic carbocycles. The first-order chi connectivity index (χ1) is 7.83. The molecule has 0 fully saturated rings. The van der Waals surface area contributed by atoms with Gasteiger partial charge < -0.3 is 15.6 Å². The number of phenols is 1. The molecule has 0 bridgehead atoms. The summed E-state index contributed by atoms with van der Waals surface area (Å²) in [4.78, 5) is 0. The highest BCUT2D eigenvalue weighted by molar-refractivity contribution is 5.41. The standard InChI is InChI=1S/C11H14F3NO2/c1-17-7-2-3-8(10(16)6-7)9(15)4-5-11(12,13)14/h2-3,6,9,16H,4-5,15H2,1H3/t9-/m0/s1. The molecule has 0 aliphatic carbocycles. The number of aromatic hydroxyl groups is 1. The molecule has 0 unspecified atom stereocenters. The molecule has 0 aliphatic heterocycles. The van der Waals surface area contributed by atoms with Crippen molar-refractivity contribution in [2.45, 2.75) is 25.1 Å². The molecule has 6 heteroatoms. The molecule has 0 saturated carbocycles. The van der Waals surface area contributed by atoms with E-state index < -0.39 is 18.6 Å². The quantitative estimate of drug-likeness (QED) is 0.862. The van der Waals surface area contributed by atoms with E-state index in [2.05, 4.69) is 0 Å². The van der Waals surface area contributed by atoms with Crippen molar-refractivity contribution in [2.75, 3.05) is 7.11 Å². The number of ether oxygens (including phenoxy) is 1. The van der Waals surface area contributed by atoms with Crippen LogP contribution in [0, 0.1) is 0 Å². The number of nitrogens with two attached hydrogens (primary N) is 1. The molecular weight excluding hydrogens is 235 g/mol. The van der Waals surface area contributed by atoms with Crippen molar-refractivity contribution in [2.24, 2.45) is 5.73 Å². The van der Waals surface area contributed by atoms with Crippen LogP contribution in [0.4, 0.5) is 13.2 Å². The average Bonchev–Trinajstić information content (AvgIpc) is 2.24. The van der Waals surface area contributed by atoms with E-state index in [1.165, 1.54) is 19.2 Å². The van der Waals surface area contributed by atoms with Gasteiger partial charge >= 0.3 is 6.18 Å². The lowest BCUT2D eigenvalue weighted by atomic mass is 10.0. The molecular formula is C11H14F3NO2. The second-order valence-electron chi connectivity index (χ2n) is 3.69. The number of benzene rings is 1. The van der Waals surface area contributed by atoms with Crippen molar-refractivity contribution < 1.29 is 23.0 Å². The number of phenolic OH excluding ortho intramolecular Hbond substituents is 1. The molecule has 0 aliphatic rings. The number of halogens is 3. The zero-order valence-electron chi connectivity index (χ0n) is 9.29. The Kier molecular flexibility index (Phi) is 4.22. The van der Waals surface area contributed by atoms with Crippen LogP contribution in [-0.4, -0.2) is 18.4 Å². The van der Waals surface area contributed by atoms with Crippen LogP contribution in [-0.2, 0) is 0 Å². The Morgan fingerprint density at radius 2 is 2.06 bits per heavy atom. The zero-order valence-corrected chi connectivity index (χ0v) is 9.29. The summed E-state index contributed by atoms with van der Waals surface area (Å²) in [7, 11) is 1.43. The molecule has 1 atom stereocenters. The molecule has 0 radical (unpaired) electrons. The summed E-state index contributed by atoms with van der Waals surface area (Å²) >= 11 is 0. The smallest absolute Gasteiger partial charge is 0.389 e. The first kappa shape index (κ1) is 13.6. The maximum absolute atomic E-state index is 12.0. The van der Waals surface area contributed by atoms with Crippen molar-refractivity contribution in [3.05, 3.63) is 23.8 Å². The number of methoxy groups -OCH3 is 1. The fraction of sp³-hybridized carbons (Fsp3) is 0.455. The van der Waals surface area contributed by atoms with Gasteiger partial charge in [0, 0.05) is 24.1 Å². The topological polar surface area (TPSA) is 55.5 Å². The SMILES string of the molecule is COc1ccc([C@@H](N)CCC(F)(F)F)c(O)c1. The Morgan fingerprint density at radius 1 is 1.41 bits per heavy atom. The summed E-state index contributed by atoms with van der Waals surface area (Å²) in [6.07, 6.45) is -5.47. The van der Waals surface area contributed by atoms with Gasteiger partial charge in [0.05, 0.1) is 7.11 Å². The Bertz CT molecular complexity index is 379. The van der Waals surface area contributed by atoms with Crippen molar-refractivity contribution in [1.82, 2.24) is 0 Å². The minimum atomic E-state index is -4.24. The molecule has 0 spiro atoms. The highest BCUT2D eigenvalue weighted by Gasteiger charge is 2.28. The lowest BCUT2D eigenvalue weighted by molar-refractivity contribution is -0.136. The van der Waals surface area contributed by atoms with Gasteiger partial charge in [-0.15, -0.1) is 0 Å². The second-order valence-corrected chi connectivity index (χ2v) is 3.69. The van der Waals surface area contributed by atoms with Crippen molar-refractivity contribution in [3.8, 4) is 11.5 Å². The Morgan fingerprint density at radius 3 is 2.53 bits per heavy atom. The highest BCUT2D eigenvalue weighted by atomic mass is 19.4. The molecule has 1 rings (SSSR count). The van der Waals surface area contributed by atoms with Gasteiger partial charge in [-0.05, 0) is 12.5 Å². The number of alkyl halides is 3. The number of hydrogen-bond acceptors (Lipinski definition) is 3. The van der Waals surface area contributed by atoms with E-state index in [1.54, 1.807) is 6.07 Å². The van der Waals surface area contributed by atoms with Gasteiger partial charge in [0.15, 0.2) is 0 Å². The number of hydrogen-bond donors (Lipinski definition) is 2. The third kappa shape index (κ3) is 4.14. The molecule has 1 aromatic rings. The molecule has 3 nitrogen and oxygen atoms in total. The van der Waals surface area contributed by atoms with Crippen LogP contribution in [0.5, 0.6) is 11.5 Å². The summed E-state index contributed by atoms with van der Waals surface area (Å²) in [6, 6.07) is 3.49. The van der Waals surface area contributed by atoms with Crippen LogP contribution in [0.15, 0.2) is 18.2 Å². The zero-order chi connectivity index (χ0) is 13.1. The molecule has 0 aromatic heterocycles. The molecule has 0 saturated heterocycles. The lowest BCUT2D eigenvalue weighted by Gasteiger charge is -2.15. The summed E-state index contributed by atoms with van der Waals surface area (Å²) in [5, 5.41) is 9.58. The van der Waals surface area contributed by atoms with Crippen molar-refractivity contribution in [1.29, 1.82) is 0 Å². The summed E-state index contributed by atoms with van der Waals surface area (Å²) < 4.78 is 40.9. The van der Waals surface area contributed by atoms with Crippen LogP contribution in [0.3, 0.4) is 0 Å². The van der Waals surface area contributed by atoms with E-state index in [9.17, 15) is 18.3 Å². The third-order valence-corrected chi connectivity index (χ3v) is 2.38. The van der Waals surface area contributed by atoms with Crippen molar-refractivity contribution in [3.63, 3.8) is 0 Å². The summed E-state index contributed by atoms with van der Waals surface area (Å²) in [5.74, 6) is 0.272. The fourth-order valence-corrected chi connectivity index (χ4v) is 1.44. The van der Waals surface area contributed by atoms with Gasteiger partial charge in [0.2, 0.25) is 0 Å². The summed E-state index contributed by atoms with van der Waals surface area (Å²) in [6.45, 7) is 0. The van der Waals surface area contributed by atoms with E-state index in [4.69, 9.17) is 10.5 Å². The fourth-order valence-electron chi connectivity index (χ4n) is 1.44. The second kappa shape index (κ2) is 5.27. The van der Waals surface area contributed by atoms with Gasteiger partial charge in [-0.2, -0.15) is 13.2 Å². The molecule has 0 amide bonds. The molecule has 17 heavy (non-hydrogen) atoms. The Balaban J connectivity index is 2.72. The van der Waals surface area contributed by atoms with Gasteiger partial charge in [0.1, 0.15) is 11.5 Å². The minimum absolute atomic E-state index is 0.154. The van der Waals surface area contributed by atoms with E-state index >= 15 is 0 Å². The molecule has 0 heterocycles. The van der Waals surface area contributed by atoms with Gasteiger partial charge in [-0.25, -0.2) is 0 Å². The van der Waals surface area contributed by atoms with E-state index in [-0.39, 0.29) is 17.7 Å². The maximum Gasteiger partial charge on any atom is 0.389 e. The largest absolute Gasteiger partial charge is 0.507 e. The van der Waals surface area contributed by atoms with Crippen LogP contribution in [0.1, 0.15) is 24.4 Å². The monoisotopic (exact) mass is 249 g/mol. The lowest BCUT2D eigenvalue weighted by Crippen LogP contribution is -2.15. The first-order valence-electron chi connectivity index (χ1n) is 5.02. The van der Waals surface area contributed by atoms with Gasteiger partial charge in [-0.1, -0.05) is 6.07 Å². The molecule has 96 valence electrons. The highest BCUT2D eigenvalue weighted by Crippen LogP contribution is 2.32. The predicted octanol–water partition coefficient (Wildman–Crippen LogP) is 2.74. The van der Waals surface area contributed by atoms with Crippen LogP contribution >= 0.6 is 0 Å².